The number of piperidine rings is 1. The molecule has 3 N–H and O–H groups in total. The molecule has 2 aliphatic heterocycles. The molecule has 1 fully saturated rings. The molecular weight excluding hydrogens is 324 g/mol. The van der Waals surface area contributed by atoms with Gasteiger partial charge in [-0.3, -0.25) is 19.7 Å². The van der Waals surface area contributed by atoms with E-state index in [0.29, 0.717) is 31.6 Å². The van der Waals surface area contributed by atoms with Gasteiger partial charge in [-0.1, -0.05) is 12.1 Å². The molecule has 2 heterocycles. The summed E-state index contributed by atoms with van der Waals surface area (Å²) < 4.78 is 0. The number of urea groups is 1. The molecule has 0 aromatic heterocycles. The van der Waals surface area contributed by atoms with E-state index in [1.54, 1.807) is 6.07 Å². The van der Waals surface area contributed by atoms with E-state index in [-0.39, 0.29) is 24.3 Å². The Morgan fingerprint density at radius 1 is 1.28 bits per heavy atom. The van der Waals surface area contributed by atoms with Crippen LogP contribution in [0.4, 0.5) is 4.79 Å². The van der Waals surface area contributed by atoms with Crippen molar-refractivity contribution in [2.24, 2.45) is 0 Å². The number of fused-ring (bicyclic) bond motifs is 1. The summed E-state index contributed by atoms with van der Waals surface area (Å²) in [5.74, 6) is -0.941. The van der Waals surface area contributed by atoms with E-state index in [2.05, 4.69) is 16.0 Å². The summed E-state index contributed by atoms with van der Waals surface area (Å²) in [4.78, 5) is 48.9. The quantitative estimate of drug-likeness (QED) is 0.681. The molecule has 5 amide bonds. The fourth-order valence-electron chi connectivity index (χ4n) is 3.12. The first-order valence-electron chi connectivity index (χ1n) is 8.27. The maximum Gasteiger partial charge on any atom is 0.315 e. The number of carbonyl (C=O) groups excluding carboxylic acids is 4. The van der Waals surface area contributed by atoms with Crippen molar-refractivity contribution in [2.75, 3.05) is 6.54 Å². The van der Waals surface area contributed by atoms with Gasteiger partial charge in [0.15, 0.2) is 0 Å². The lowest BCUT2D eigenvalue weighted by molar-refractivity contribution is -0.136. The number of benzene rings is 1. The lowest BCUT2D eigenvalue weighted by atomic mass is 10.0. The van der Waals surface area contributed by atoms with Gasteiger partial charge < -0.3 is 15.5 Å². The molecule has 0 aliphatic carbocycles. The van der Waals surface area contributed by atoms with Crippen LogP contribution in [0.15, 0.2) is 18.2 Å². The third-order valence-electron chi connectivity index (χ3n) is 4.38. The summed E-state index contributed by atoms with van der Waals surface area (Å²) >= 11 is 0. The molecule has 132 valence electrons. The van der Waals surface area contributed by atoms with E-state index in [9.17, 15) is 19.2 Å². The molecule has 1 saturated heterocycles. The van der Waals surface area contributed by atoms with Gasteiger partial charge in [0, 0.05) is 31.6 Å². The molecule has 3 rings (SSSR count). The summed E-state index contributed by atoms with van der Waals surface area (Å²) in [5, 5.41) is 7.64. The van der Waals surface area contributed by atoms with Crippen molar-refractivity contribution >= 4 is 23.8 Å². The van der Waals surface area contributed by atoms with E-state index < -0.39 is 11.9 Å². The molecular formula is C17H20N4O4. The highest BCUT2D eigenvalue weighted by Gasteiger charge is 2.39. The number of nitrogens with zero attached hydrogens (tertiary/aromatic N) is 1. The maximum atomic E-state index is 12.7. The average Bonchev–Trinajstić information content (AvgIpc) is 2.90. The first kappa shape index (κ1) is 16.9. The predicted octanol–water partition coefficient (Wildman–Crippen LogP) is 0.267. The molecule has 25 heavy (non-hydrogen) atoms. The Hall–Kier alpha value is -2.90. The van der Waals surface area contributed by atoms with Crippen molar-refractivity contribution < 1.29 is 19.2 Å². The molecule has 1 aromatic rings. The van der Waals surface area contributed by atoms with Gasteiger partial charge >= 0.3 is 6.03 Å². The second-order valence-corrected chi connectivity index (χ2v) is 6.10. The highest BCUT2D eigenvalue weighted by Crippen LogP contribution is 2.28. The van der Waals surface area contributed by atoms with Crippen LogP contribution in [-0.2, 0) is 22.7 Å². The highest BCUT2D eigenvalue weighted by atomic mass is 16.2. The molecule has 0 saturated carbocycles. The van der Waals surface area contributed by atoms with E-state index in [1.165, 1.54) is 4.90 Å². The summed E-state index contributed by atoms with van der Waals surface area (Å²) in [5.41, 5.74) is 2.19. The number of hydrogen-bond donors (Lipinski definition) is 3. The maximum absolute atomic E-state index is 12.7. The molecule has 1 unspecified atom stereocenters. The normalized spacial score (nSPS) is 19.5. The monoisotopic (exact) mass is 344 g/mol. The van der Waals surface area contributed by atoms with Gasteiger partial charge in [-0.2, -0.15) is 0 Å². The van der Waals surface area contributed by atoms with Crippen LogP contribution in [0.25, 0.3) is 0 Å². The van der Waals surface area contributed by atoms with E-state index in [0.717, 1.165) is 11.1 Å². The van der Waals surface area contributed by atoms with Crippen LogP contribution in [-0.4, -0.2) is 41.2 Å². The Bertz CT molecular complexity index is 746. The summed E-state index contributed by atoms with van der Waals surface area (Å²) in [6, 6.07) is 4.56. The highest BCUT2D eigenvalue weighted by molar-refractivity contribution is 6.05. The zero-order valence-electron chi connectivity index (χ0n) is 13.9. The number of rotatable bonds is 4. The Labute approximate surface area is 144 Å². The lowest BCUT2D eigenvalue weighted by Crippen LogP contribution is -2.52. The second kappa shape index (κ2) is 6.92. The molecule has 1 aromatic carbocycles. The fourth-order valence-corrected chi connectivity index (χ4v) is 3.12. The van der Waals surface area contributed by atoms with Crippen LogP contribution in [0.5, 0.6) is 0 Å². The molecule has 0 bridgehead atoms. The third-order valence-corrected chi connectivity index (χ3v) is 4.38. The van der Waals surface area contributed by atoms with Gasteiger partial charge in [0.05, 0.1) is 0 Å². The minimum absolute atomic E-state index is 0.218. The number of amides is 5. The Balaban J connectivity index is 1.70. The zero-order chi connectivity index (χ0) is 18.0. The van der Waals surface area contributed by atoms with Crippen molar-refractivity contribution in [2.45, 2.75) is 38.9 Å². The SMILES string of the molecule is CCNC(=O)NCc1ccc2c(c1)C(=O)N(C1CCC(=O)NC1=O)C2. The Kier molecular flexibility index (Phi) is 4.69. The first-order chi connectivity index (χ1) is 12.0. The minimum Gasteiger partial charge on any atom is -0.338 e. The standard InChI is InChI=1S/C17H20N4O4/c1-2-18-17(25)19-8-10-3-4-11-9-21(16(24)12(11)7-10)13-5-6-14(22)20-15(13)23/h3-4,7,13H,2,5-6,8-9H2,1H3,(H2,18,19,25)(H,20,22,23). The number of imide groups is 1. The minimum atomic E-state index is -0.616. The predicted molar refractivity (Wildman–Crippen MR) is 88.4 cm³/mol. The van der Waals surface area contributed by atoms with E-state index in [4.69, 9.17) is 0 Å². The van der Waals surface area contributed by atoms with Crippen LogP contribution in [0, 0.1) is 0 Å². The number of nitrogens with one attached hydrogen (secondary N) is 3. The Morgan fingerprint density at radius 3 is 2.80 bits per heavy atom. The van der Waals surface area contributed by atoms with Crippen LogP contribution in [0.2, 0.25) is 0 Å². The van der Waals surface area contributed by atoms with Gasteiger partial charge in [-0.05, 0) is 30.5 Å². The molecule has 8 heteroatoms. The summed E-state index contributed by atoms with van der Waals surface area (Å²) in [7, 11) is 0. The molecule has 8 nitrogen and oxygen atoms in total. The first-order valence-corrected chi connectivity index (χ1v) is 8.27. The van der Waals surface area contributed by atoms with Crippen molar-refractivity contribution in [3.63, 3.8) is 0 Å². The van der Waals surface area contributed by atoms with Gasteiger partial charge in [-0.25, -0.2) is 4.79 Å². The molecule has 1 atom stereocenters. The van der Waals surface area contributed by atoms with Crippen LogP contribution < -0.4 is 16.0 Å². The Morgan fingerprint density at radius 2 is 2.08 bits per heavy atom. The largest absolute Gasteiger partial charge is 0.338 e. The zero-order valence-corrected chi connectivity index (χ0v) is 13.9. The smallest absolute Gasteiger partial charge is 0.315 e. The van der Waals surface area contributed by atoms with E-state index >= 15 is 0 Å². The van der Waals surface area contributed by atoms with Crippen molar-refractivity contribution in [3.05, 3.63) is 34.9 Å². The van der Waals surface area contributed by atoms with Gasteiger partial charge in [0.2, 0.25) is 11.8 Å². The van der Waals surface area contributed by atoms with Crippen LogP contribution >= 0.6 is 0 Å². The third kappa shape index (κ3) is 3.47. The average molecular weight is 344 g/mol. The lowest BCUT2D eigenvalue weighted by Gasteiger charge is -2.29. The van der Waals surface area contributed by atoms with Gasteiger partial charge in [0.1, 0.15) is 6.04 Å². The second-order valence-electron chi connectivity index (χ2n) is 6.10. The summed E-state index contributed by atoms with van der Waals surface area (Å²) in [6.45, 7) is 3.03. The van der Waals surface area contributed by atoms with Gasteiger partial charge in [0.25, 0.3) is 5.91 Å². The van der Waals surface area contributed by atoms with E-state index in [1.807, 2.05) is 19.1 Å². The van der Waals surface area contributed by atoms with Crippen molar-refractivity contribution in [3.8, 4) is 0 Å². The number of carbonyl (C=O) groups is 4. The molecule has 0 spiro atoms. The van der Waals surface area contributed by atoms with Crippen molar-refractivity contribution in [1.82, 2.24) is 20.9 Å². The topological polar surface area (TPSA) is 108 Å². The van der Waals surface area contributed by atoms with Crippen LogP contribution in [0.1, 0.15) is 41.3 Å². The molecule has 0 radical (unpaired) electrons. The fraction of sp³-hybridized carbons (Fsp3) is 0.412. The summed E-state index contributed by atoms with van der Waals surface area (Å²) in [6.07, 6.45) is 0.578. The van der Waals surface area contributed by atoms with Crippen molar-refractivity contribution in [1.29, 1.82) is 0 Å². The molecule has 2 aliphatic rings. The van der Waals surface area contributed by atoms with Gasteiger partial charge in [-0.15, -0.1) is 0 Å². The number of hydrogen-bond acceptors (Lipinski definition) is 4. The van der Waals surface area contributed by atoms with Crippen LogP contribution in [0.3, 0.4) is 0 Å².